The number of hydrogen-bond donors (Lipinski definition) is 3. The van der Waals surface area contributed by atoms with E-state index >= 15 is 0 Å². The molecular formula is C17H36ClN2O4+. The molecule has 0 amide bonds. The summed E-state index contributed by atoms with van der Waals surface area (Å²) in [7, 11) is -4.19. The Bertz CT molecular complexity index is 346. The van der Waals surface area contributed by atoms with Crippen molar-refractivity contribution in [3.05, 3.63) is 24.4 Å². The first-order valence-corrected chi connectivity index (χ1v) is 9.93. The normalized spacial score (nSPS) is 12.2. The number of nitrogens with zero attached hydrogens (tertiary/aromatic N) is 2. The Hall–Kier alpha value is -0.920. The van der Waals surface area contributed by atoms with Crippen molar-refractivity contribution in [3.8, 4) is 0 Å². The molecule has 0 aromatic carbocycles. The molecule has 0 atom stereocenters. The molecule has 0 aromatic rings. The Morgan fingerprint density at radius 2 is 1.29 bits per heavy atom. The van der Waals surface area contributed by atoms with Gasteiger partial charge in [0.15, 0.2) is 6.21 Å². The van der Waals surface area contributed by atoms with Crippen LogP contribution in [-0.2, 0) is 0 Å². The third-order valence-electron chi connectivity index (χ3n) is 2.86. The van der Waals surface area contributed by atoms with Crippen LogP contribution in [0.3, 0.4) is 0 Å². The minimum absolute atomic E-state index is 1.15. The van der Waals surface area contributed by atoms with Crippen LogP contribution in [0.4, 0.5) is 0 Å². The van der Waals surface area contributed by atoms with E-state index in [4.69, 9.17) is 18.6 Å². The van der Waals surface area contributed by atoms with E-state index in [9.17, 15) is 0 Å². The van der Waals surface area contributed by atoms with Crippen molar-refractivity contribution in [2.75, 3.05) is 26.2 Å². The number of halogens is 1. The molecule has 3 N–H and O–H groups in total. The molecule has 144 valence electrons. The van der Waals surface area contributed by atoms with Crippen LogP contribution in [0.2, 0.25) is 0 Å². The van der Waals surface area contributed by atoms with E-state index in [-0.39, 0.29) is 0 Å². The predicted octanol–water partition coefficient (Wildman–Crippen LogP) is 1.22. The molecule has 0 bridgehead atoms. The summed E-state index contributed by atoms with van der Waals surface area (Å²) in [6.07, 6.45) is 15.7. The van der Waals surface area contributed by atoms with Gasteiger partial charge >= 0.3 is 28.9 Å². The maximum absolute atomic E-state index is 8.83. The summed E-state index contributed by atoms with van der Waals surface area (Å²) in [5.41, 5.74) is 0. The molecule has 0 unspecified atom stereocenters. The zero-order valence-electron chi connectivity index (χ0n) is 15.6. The van der Waals surface area contributed by atoms with Gasteiger partial charge in [-0.2, -0.15) is 0 Å². The standard InChI is InChI=1S/C17H33N2.ClH3O4/c1-5-12-18(13-6-2)16-10-9-11-17-19(14-7-3)15-8-4;2-1(3,4)5/h9-11,16-17H,5-8,12-15H2,1-4H3;2-4H/q+1;. The predicted molar refractivity (Wildman–Crippen MR) is 93.7 cm³/mol. The van der Waals surface area contributed by atoms with Crippen molar-refractivity contribution in [2.45, 2.75) is 53.4 Å². The van der Waals surface area contributed by atoms with Crippen LogP contribution in [0.5, 0.6) is 0 Å². The van der Waals surface area contributed by atoms with E-state index in [2.05, 4.69) is 67.8 Å². The van der Waals surface area contributed by atoms with Crippen molar-refractivity contribution < 1.29 is 33.5 Å². The van der Waals surface area contributed by atoms with E-state index < -0.39 is 10.2 Å². The first-order chi connectivity index (χ1) is 11.3. The molecule has 7 heteroatoms. The Morgan fingerprint density at radius 3 is 1.67 bits per heavy atom. The number of rotatable bonds is 11. The van der Waals surface area contributed by atoms with E-state index in [0.717, 1.165) is 26.2 Å². The SMILES string of the molecule is CCCN(/C=C/C=C/C=[N+](CCC)CCC)CCC.[O-][Cl+](O)(O)O. The van der Waals surface area contributed by atoms with Crippen LogP contribution in [0.15, 0.2) is 24.4 Å². The molecule has 0 saturated carbocycles. The van der Waals surface area contributed by atoms with Gasteiger partial charge in [-0.3, -0.25) is 0 Å². The second-order valence-corrected chi connectivity index (χ2v) is 6.25. The van der Waals surface area contributed by atoms with Crippen LogP contribution in [0.1, 0.15) is 53.4 Å². The van der Waals surface area contributed by atoms with Gasteiger partial charge in [0.2, 0.25) is 0 Å². The van der Waals surface area contributed by atoms with Gasteiger partial charge in [-0.05, 0) is 25.1 Å². The molecule has 0 aliphatic carbocycles. The fourth-order valence-electron chi connectivity index (χ4n) is 2.08. The molecule has 0 aliphatic heterocycles. The third-order valence-corrected chi connectivity index (χ3v) is 2.86. The van der Waals surface area contributed by atoms with Gasteiger partial charge in [-0.15, -0.1) is 0 Å². The average Bonchev–Trinajstić information content (AvgIpc) is 2.46. The summed E-state index contributed by atoms with van der Waals surface area (Å²) < 4.78 is 32.6. The Balaban J connectivity index is 0. The monoisotopic (exact) mass is 367 g/mol. The molecule has 0 fully saturated rings. The summed E-state index contributed by atoms with van der Waals surface area (Å²) in [6, 6.07) is 0. The average molecular weight is 368 g/mol. The Labute approximate surface area is 149 Å². The van der Waals surface area contributed by atoms with Crippen molar-refractivity contribution in [1.29, 1.82) is 0 Å². The second-order valence-electron chi connectivity index (χ2n) is 5.38. The van der Waals surface area contributed by atoms with E-state index in [1.807, 2.05) is 0 Å². The zero-order chi connectivity index (χ0) is 18.8. The summed E-state index contributed by atoms with van der Waals surface area (Å²) in [6.45, 7) is 13.5. The maximum atomic E-state index is 8.83. The van der Waals surface area contributed by atoms with Crippen molar-refractivity contribution in [2.24, 2.45) is 0 Å². The second kappa shape index (κ2) is 16.9. The molecular weight excluding hydrogens is 332 g/mol. The zero-order valence-corrected chi connectivity index (χ0v) is 16.3. The van der Waals surface area contributed by atoms with Gasteiger partial charge < -0.3 is 4.90 Å². The van der Waals surface area contributed by atoms with Gasteiger partial charge in [0.1, 0.15) is 13.1 Å². The van der Waals surface area contributed by atoms with Crippen LogP contribution in [0, 0.1) is 10.2 Å². The molecule has 0 radical (unpaired) electrons. The van der Waals surface area contributed by atoms with E-state index in [1.165, 1.54) is 25.7 Å². The fraction of sp³-hybridized carbons (Fsp3) is 0.706. The van der Waals surface area contributed by atoms with Crippen LogP contribution >= 0.6 is 0 Å². The van der Waals surface area contributed by atoms with Gasteiger partial charge in [-0.25, -0.2) is 4.58 Å². The van der Waals surface area contributed by atoms with E-state index in [0.29, 0.717) is 0 Å². The molecule has 0 rings (SSSR count). The third kappa shape index (κ3) is 23.3. The van der Waals surface area contributed by atoms with Crippen molar-refractivity contribution >= 4 is 6.21 Å². The topological polar surface area (TPSA) is 90.0 Å². The summed E-state index contributed by atoms with van der Waals surface area (Å²) in [4.78, 5) is 2.39. The quantitative estimate of drug-likeness (QED) is 0.290. The first-order valence-electron chi connectivity index (χ1n) is 8.60. The Kier molecular flexibility index (Phi) is 17.9. The van der Waals surface area contributed by atoms with Crippen LogP contribution in [-0.4, -0.2) is 55.8 Å². The summed E-state index contributed by atoms with van der Waals surface area (Å²) >= 11 is 0. The molecule has 24 heavy (non-hydrogen) atoms. The van der Waals surface area contributed by atoms with Crippen molar-refractivity contribution in [3.63, 3.8) is 0 Å². The Morgan fingerprint density at radius 1 is 0.833 bits per heavy atom. The molecule has 0 spiro atoms. The summed E-state index contributed by atoms with van der Waals surface area (Å²) in [5.74, 6) is 0. The molecule has 0 aliphatic rings. The molecule has 0 aromatic heterocycles. The fourth-order valence-corrected chi connectivity index (χ4v) is 2.08. The van der Waals surface area contributed by atoms with Gasteiger partial charge in [0.05, 0.1) is 0 Å². The van der Waals surface area contributed by atoms with Gasteiger partial charge in [0.25, 0.3) is 0 Å². The van der Waals surface area contributed by atoms with Gasteiger partial charge in [-0.1, -0.05) is 33.8 Å². The molecule has 0 heterocycles. The minimum atomic E-state index is -4.19. The number of hydrogen-bond acceptors (Lipinski definition) is 5. The molecule has 0 saturated heterocycles. The van der Waals surface area contributed by atoms with Crippen LogP contribution < -0.4 is 4.66 Å². The number of allylic oxidation sites excluding steroid dienone is 3. The summed E-state index contributed by atoms with van der Waals surface area (Å²) in [5, 5.41) is 0. The van der Waals surface area contributed by atoms with Gasteiger partial charge in [0, 0.05) is 32.0 Å². The van der Waals surface area contributed by atoms with E-state index in [1.54, 1.807) is 0 Å². The first kappa shape index (κ1) is 25.3. The van der Waals surface area contributed by atoms with Crippen molar-refractivity contribution in [1.82, 2.24) is 4.90 Å². The molecule has 6 nitrogen and oxygen atoms in total. The van der Waals surface area contributed by atoms with Crippen LogP contribution in [0.25, 0.3) is 0 Å².